The molecule has 0 aliphatic carbocycles. The Morgan fingerprint density at radius 1 is 0.840 bits per heavy atom. The third kappa shape index (κ3) is 3.94. The van der Waals surface area contributed by atoms with Crippen LogP contribution < -0.4 is 0 Å². The molecule has 126 valence electrons. The van der Waals surface area contributed by atoms with Gasteiger partial charge in [0, 0.05) is 6.42 Å². The highest BCUT2D eigenvalue weighted by atomic mass is 19.1. The maximum Gasteiger partial charge on any atom is 0.148 e. The van der Waals surface area contributed by atoms with Gasteiger partial charge in [-0.25, -0.2) is 23.8 Å². The van der Waals surface area contributed by atoms with Gasteiger partial charge in [0.2, 0.25) is 0 Å². The molecule has 0 fully saturated rings. The molecule has 0 atom stereocenters. The zero-order valence-electron chi connectivity index (χ0n) is 14.0. The van der Waals surface area contributed by atoms with Crippen molar-refractivity contribution in [2.24, 2.45) is 15.0 Å². The largest absolute Gasteiger partial charge is 0.250 e. The van der Waals surface area contributed by atoms with Crippen LogP contribution in [-0.4, -0.2) is 17.1 Å². The first-order valence-corrected chi connectivity index (χ1v) is 7.92. The molecule has 0 aromatic heterocycles. The molecule has 0 spiro atoms. The van der Waals surface area contributed by atoms with Gasteiger partial charge in [0.05, 0.1) is 34.2 Å². The predicted octanol–water partition coefficient (Wildman–Crippen LogP) is 5.58. The van der Waals surface area contributed by atoms with E-state index >= 15 is 0 Å². The molecule has 1 aliphatic heterocycles. The van der Waals surface area contributed by atoms with E-state index in [1.165, 1.54) is 12.1 Å². The monoisotopic (exact) mass is 337 g/mol. The van der Waals surface area contributed by atoms with Gasteiger partial charge in [0.25, 0.3) is 0 Å². The topological polar surface area (TPSA) is 37.1 Å². The maximum atomic E-state index is 13.7. The Kier molecular flexibility index (Phi) is 4.93. The SMILES string of the molecule is CC(=Nc1ccccc1F)C1=CCC(C(C)=Nc2ccccc2F)=N1. The summed E-state index contributed by atoms with van der Waals surface area (Å²) in [6, 6.07) is 12.7. The summed E-state index contributed by atoms with van der Waals surface area (Å²) in [5, 5.41) is 0. The molecular weight excluding hydrogens is 320 g/mol. The molecule has 5 heteroatoms. The number of hydrogen-bond donors (Lipinski definition) is 0. The highest BCUT2D eigenvalue weighted by Crippen LogP contribution is 2.22. The molecule has 0 saturated carbocycles. The van der Waals surface area contributed by atoms with E-state index in [1.807, 2.05) is 6.08 Å². The molecule has 0 bridgehead atoms. The van der Waals surface area contributed by atoms with Crippen molar-refractivity contribution in [1.29, 1.82) is 0 Å². The van der Waals surface area contributed by atoms with Gasteiger partial charge in [-0.15, -0.1) is 0 Å². The Morgan fingerprint density at radius 2 is 1.36 bits per heavy atom. The molecule has 0 saturated heterocycles. The normalized spacial score (nSPS) is 15.2. The van der Waals surface area contributed by atoms with Crippen LogP contribution in [-0.2, 0) is 0 Å². The maximum absolute atomic E-state index is 13.7. The first-order valence-electron chi connectivity index (χ1n) is 7.92. The molecule has 3 rings (SSSR count). The molecule has 0 amide bonds. The Hall–Kier alpha value is -2.95. The number of aliphatic imine (C=N–C) groups is 3. The molecule has 1 heterocycles. The fraction of sp³-hybridized carbons (Fsp3) is 0.150. The second-order valence-corrected chi connectivity index (χ2v) is 5.65. The average molecular weight is 337 g/mol. The summed E-state index contributed by atoms with van der Waals surface area (Å²) < 4.78 is 27.4. The van der Waals surface area contributed by atoms with E-state index in [1.54, 1.807) is 50.2 Å². The van der Waals surface area contributed by atoms with E-state index in [0.29, 0.717) is 23.5 Å². The van der Waals surface area contributed by atoms with Crippen molar-refractivity contribution < 1.29 is 8.78 Å². The smallest absolute Gasteiger partial charge is 0.148 e. The number of nitrogens with zero attached hydrogens (tertiary/aromatic N) is 3. The predicted molar refractivity (Wildman–Crippen MR) is 98.5 cm³/mol. The van der Waals surface area contributed by atoms with Gasteiger partial charge in [-0.1, -0.05) is 30.3 Å². The summed E-state index contributed by atoms with van der Waals surface area (Å²) in [5.41, 5.74) is 3.27. The Labute approximate surface area is 145 Å². The second kappa shape index (κ2) is 7.30. The second-order valence-electron chi connectivity index (χ2n) is 5.65. The molecular formula is C20H17F2N3. The van der Waals surface area contributed by atoms with Gasteiger partial charge in [0.15, 0.2) is 0 Å². The number of rotatable bonds is 4. The summed E-state index contributed by atoms with van der Waals surface area (Å²) in [4.78, 5) is 13.1. The average Bonchev–Trinajstić information content (AvgIpc) is 3.09. The molecule has 0 N–H and O–H groups in total. The van der Waals surface area contributed by atoms with E-state index < -0.39 is 0 Å². The van der Waals surface area contributed by atoms with E-state index in [-0.39, 0.29) is 23.0 Å². The summed E-state index contributed by atoms with van der Waals surface area (Å²) in [6.45, 7) is 3.58. The van der Waals surface area contributed by atoms with Crippen molar-refractivity contribution in [3.05, 3.63) is 71.9 Å². The highest BCUT2D eigenvalue weighted by Gasteiger charge is 2.14. The van der Waals surface area contributed by atoms with Crippen molar-refractivity contribution in [1.82, 2.24) is 0 Å². The van der Waals surface area contributed by atoms with E-state index in [9.17, 15) is 8.78 Å². The van der Waals surface area contributed by atoms with Gasteiger partial charge in [-0.2, -0.15) is 0 Å². The van der Waals surface area contributed by atoms with Crippen LogP contribution in [0, 0.1) is 11.6 Å². The van der Waals surface area contributed by atoms with Gasteiger partial charge in [-0.05, 0) is 38.1 Å². The molecule has 2 aromatic carbocycles. The zero-order chi connectivity index (χ0) is 17.8. The molecule has 0 radical (unpaired) electrons. The Morgan fingerprint density at radius 3 is 1.92 bits per heavy atom. The van der Waals surface area contributed by atoms with E-state index in [2.05, 4.69) is 15.0 Å². The van der Waals surface area contributed by atoms with Crippen molar-refractivity contribution in [2.45, 2.75) is 20.3 Å². The lowest BCUT2D eigenvalue weighted by Crippen LogP contribution is -2.07. The zero-order valence-corrected chi connectivity index (χ0v) is 14.0. The van der Waals surface area contributed by atoms with E-state index in [0.717, 1.165) is 5.71 Å². The summed E-state index contributed by atoms with van der Waals surface area (Å²) >= 11 is 0. The third-order valence-corrected chi connectivity index (χ3v) is 3.81. The van der Waals surface area contributed by atoms with Gasteiger partial charge < -0.3 is 0 Å². The lowest BCUT2D eigenvalue weighted by molar-refractivity contribution is 0.629. The first-order chi connectivity index (χ1) is 12.0. The van der Waals surface area contributed by atoms with Gasteiger partial charge >= 0.3 is 0 Å². The summed E-state index contributed by atoms with van der Waals surface area (Å²) in [5.74, 6) is -0.743. The lowest BCUT2D eigenvalue weighted by atomic mass is 10.2. The van der Waals surface area contributed by atoms with Crippen LogP contribution in [0.1, 0.15) is 20.3 Å². The van der Waals surface area contributed by atoms with E-state index in [4.69, 9.17) is 0 Å². The number of allylic oxidation sites excluding steroid dienone is 2. The minimum absolute atomic E-state index is 0.279. The van der Waals surface area contributed by atoms with Crippen molar-refractivity contribution in [2.75, 3.05) is 0 Å². The standard InChI is InChI=1S/C20H17F2N3/c1-13(23-19-9-5-3-7-15(19)21)17-11-12-18(25-17)14(2)24-20-10-6-4-8-16(20)22/h3-11H,12H2,1-2H3. The molecule has 25 heavy (non-hydrogen) atoms. The fourth-order valence-corrected chi connectivity index (χ4v) is 2.46. The third-order valence-electron chi connectivity index (χ3n) is 3.81. The van der Waals surface area contributed by atoms with Gasteiger partial charge in [-0.3, -0.25) is 0 Å². The van der Waals surface area contributed by atoms with Crippen LogP contribution in [0.3, 0.4) is 0 Å². The molecule has 3 nitrogen and oxygen atoms in total. The minimum Gasteiger partial charge on any atom is -0.250 e. The molecule has 1 aliphatic rings. The Balaban J connectivity index is 1.82. The molecule has 2 aromatic rings. The number of benzene rings is 2. The lowest BCUT2D eigenvalue weighted by Gasteiger charge is -2.02. The van der Waals surface area contributed by atoms with Crippen LogP contribution in [0.4, 0.5) is 20.2 Å². The first kappa shape index (κ1) is 16.9. The number of para-hydroxylation sites is 2. The number of hydrogen-bond acceptors (Lipinski definition) is 3. The summed E-state index contributed by atoms with van der Waals surface area (Å²) in [7, 11) is 0. The quantitative estimate of drug-likeness (QED) is 0.653. The van der Waals surface area contributed by atoms with Crippen LogP contribution in [0.15, 0.2) is 75.3 Å². The van der Waals surface area contributed by atoms with Gasteiger partial charge in [0.1, 0.15) is 11.6 Å². The van der Waals surface area contributed by atoms with Crippen molar-refractivity contribution >= 4 is 28.5 Å². The van der Waals surface area contributed by atoms with Crippen molar-refractivity contribution in [3.63, 3.8) is 0 Å². The molecule has 0 unspecified atom stereocenters. The van der Waals surface area contributed by atoms with Crippen LogP contribution in [0.5, 0.6) is 0 Å². The fourth-order valence-electron chi connectivity index (χ4n) is 2.46. The highest BCUT2D eigenvalue weighted by molar-refractivity contribution is 6.43. The summed E-state index contributed by atoms with van der Waals surface area (Å²) in [6.07, 6.45) is 2.50. The minimum atomic E-state index is -0.373. The van der Waals surface area contributed by atoms with Crippen LogP contribution in [0.25, 0.3) is 0 Å². The number of halogens is 2. The van der Waals surface area contributed by atoms with Crippen LogP contribution in [0.2, 0.25) is 0 Å². The van der Waals surface area contributed by atoms with Crippen LogP contribution >= 0.6 is 0 Å². The van der Waals surface area contributed by atoms with Crippen molar-refractivity contribution in [3.8, 4) is 0 Å². The Bertz CT molecular complexity index is 924.